The summed E-state index contributed by atoms with van der Waals surface area (Å²) in [6, 6.07) is 7.15. The van der Waals surface area contributed by atoms with Crippen LogP contribution in [0.1, 0.15) is 47.8 Å². The number of halogens is 1. The Bertz CT molecular complexity index is 671. The average Bonchev–Trinajstić information content (AvgIpc) is 3.04. The molecule has 0 unspecified atom stereocenters. The highest BCUT2D eigenvalue weighted by Crippen LogP contribution is 2.27. The van der Waals surface area contributed by atoms with Crippen molar-refractivity contribution in [1.29, 1.82) is 0 Å². The number of rotatable bonds is 3. The van der Waals surface area contributed by atoms with Crippen molar-refractivity contribution < 1.29 is 9.32 Å². The number of nitrogens with zero attached hydrogens (tertiary/aromatic N) is 3. The number of carbonyl (C=O) groups is 1. The van der Waals surface area contributed by atoms with E-state index < -0.39 is 0 Å². The zero-order valence-corrected chi connectivity index (χ0v) is 13.2. The van der Waals surface area contributed by atoms with Crippen LogP contribution in [0.4, 0.5) is 0 Å². The zero-order valence-electron chi connectivity index (χ0n) is 12.5. The van der Waals surface area contributed by atoms with Crippen molar-refractivity contribution in [2.45, 2.75) is 32.1 Å². The van der Waals surface area contributed by atoms with E-state index in [9.17, 15) is 4.79 Å². The molecule has 2 heterocycles. The van der Waals surface area contributed by atoms with Crippen molar-refractivity contribution in [2.24, 2.45) is 0 Å². The van der Waals surface area contributed by atoms with E-state index in [1.165, 1.54) is 0 Å². The molecule has 0 saturated carbocycles. The average molecular weight is 320 g/mol. The summed E-state index contributed by atoms with van der Waals surface area (Å²) >= 11 is 6.13. The van der Waals surface area contributed by atoms with Gasteiger partial charge in [0.15, 0.2) is 5.82 Å². The SMILES string of the molecule is CCc1nc([C@H]2CCCN(C(=O)c3ccccc3Cl)C2)no1. The smallest absolute Gasteiger partial charge is 0.255 e. The predicted octanol–water partition coefficient (Wildman–Crippen LogP) is 3.31. The van der Waals surface area contributed by atoms with Crippen LogP contribution in [-0.2, 0) is 6.42 Å². The fraction of sp³-hybridized carbons (Fsp3) is 0.438. The fourth-order valence-electron chi connectivity index (χ4n) is 2.75. The fourth-order valence-corrected chi connectivity index (χ4v) is 2.97. The molecule has 1 aliphatic heterocycles. The van der Waals surface area contributed by atoms with E-state index in [0.717, 1.165) is 25.8 Å². The molecule has 6 heteroatoms. The summed E-state index contributed by atoms with van der Waals surface area (Å²) in [6.07, 6.45) is 2.62. The third kappa shape index (κ3) is 2.99. The van der Waals surface area contributed by atoms with Gasteiger partial charge in [0.25, 0.3) is 5.91 Å². The van der Waals surface area contributed by atoms with Gasteiger partial charge in [-0.2, -0.15) is 4.98 Å². The van der Waals surface area contributed by atoms with Crippen LogP contribution in [0.5, 0.6) is 0 Å². The van der Waals surface area contributed by atoms with Crippen LogP contribution in [0.3, 0.4) is 0 Å². The maximum Gasteiger partial charge on any atom is 0.255 e. The molecule has 0 radical (unpaired) electrons. The van der Waals surface area contributed by atoms with Crippen LogP contribution < -0.4 is 0 Å². The van der Waals surface area contributed by atoms with Gasteiger partial charge >= 0.3 is 0 Å². The predicted molar refractivity (Wildman–Crippen MR) is 83.0 cm³/mol. The van der Waals surface area contributed by atoms with Crippen LogP contribution in [-0.4, -0.2) is 34.0 Å². The minimum atomic E-state index is -0.0329. The van der Waals surface area contributed by atoms with Crippen molar-refractivity contribution in [3.63, 3.8) is 0 Å². The monoisotopic (exact) mass is 319 g/mol. The largest absolute Gasteiger partial charge is 0.339 e. The Kier molecular flexibility index (Phi) is 4.43. The first-order valence-corrected chi connectivity index (χ1v) is 7.93. The third-order valence-electron chi connectivity index (χ3n) is 3.96. The number of amides is 1. The van der Waals surface area contributed by atoms with Crippen LogP contribution in [0, 0.1) is 0 Å². The second kappa shape index (κ2) is 6.48. The number of likely N-dealkylation sites (tertiary alicyclic amines) is 1. The summed E-state index contributed by atoms with van der Waals surface area (Å²) in [7, 11) is 0. The second-order valence-corrected chi connectivity index (χ2v) is 5.88. The summed E-state index contributed by atoms with van der Waals surface area (Å²) < 4.78 is 5.18. The quantitative estimate of drug-likeness (QED) is 0.871. The highest BCUT2D eigenvalue weighted by atomic mass is 35.5. The van der Waals surface area contributed by atoms with Gasteiger partial charge in [-0.1, -0.05) is 35.8 Å². The number of carbonyl (C=O) groups excluding carboxylic acids is 1. The molecular formula is C16H18ClN3O2. The lowest BCUT2D eigenvalue weighted by Gasteiger charge is -2.31. The number of aryl methyl sites for hydroxylation is 1. The number of piperidine rings is 1. The molecule has 116 valence electrons. The normalized spacial score (nSPS) is 18.5. The van der Waals surface area contributed by atoms with Crippen molar-refractivity contribution in [1.82, 2.24) is 15.0 Å². The molecule has 5 nitrogen and oxygen atoms in total. The van der Waals surface area contributed by atoms with E-state index in [4.69, 9.17) is 16.1 Å². The summed E-state index contributed by atoms with van der Waals surface area (Å²) in [5.41, 5.74) is 0.548. The molecule has 0 aliphatic carbocycles. The third-order valence-corrected chi connectivity index (χ3v) is 4.29. The second-order valence-electron chi connectivity index (χ2n) is 5.47. The first kappa shape index (κ1) is 15.0. The van der Waals surface area contributed by atoms with E-state index in [2.05, 4.69) is 10.1 Å². The molecular weight excluding hydrogens is 302 g/mol. The van der Waals surface area contributed by atoms with Crippen molar-refractivity contribution in [3.05, 3.63) is 46.6 Å². The van der Waals surface area contributed by atoms with Crippen molar-refractivity contribution in [3.8, 4) is 0 Å². The van der Waals surface area contributed by atoms with Crippen LogP contribution in [0.2, 0.25) is 5.02 Å². The zero-order chi connectivity index (χ0) is 15.5. The molecule has 1 atom stereocenters. The van der Waals surface area contributed by atoms with Crippen LogP contribution in [0.15, 0.2) is 28.8 Å². The summed E-state index contributed by atoms with van der Waals surface area (Å²) in [6.45, 7) is 3.32. The van der Waals surface area contributed by atoms with Gasteiger partial charge in [-0.05, 0) is 25.0 Å². The first-order chi connectivity index (χ1) is 10.7. The van der Waals surface area contributed by atoms with Crippen LogP contribution >= 0.6 is 11.6 Å². The Morgan fingerprint density at radius 3 is 3.00 bits per heavy atom. The number of hydrogen-bond acceptors (Lipinski definition) is 4. The summed E-state index contributed by atoms with van der Waals surface area (Å²) in [5.74, 6) is 1.44. The Labute approximate surface area is 134 Å². The van der Waals surface area contributed by atoms with Gasteiger partial charge < -0.3 is 9.42 Å². The Hall–Kier alpha value is -1.88. The van der Waals surface area contributed by atoms with Crippen molar-refractivity contribution >= 4 is 17.5 Å². The molecule has 0 bridgehead atoms. The van der Waals surface area contributed by atoms with Gasteiger partial charge in [-0.3, -0.25) is 4.79 Å². The molecule has 1 amide bonds. The standard InChI is InChI=1S/C16H18ClN3O2/c1-2-14-18-15(19-22-14)11-6-5-9-20(10-11)16(21)12-7-3-4-8-13(12)17/h3-4,7-8,11H,2,5-6,9-10H2,1H3/t11-/m0/s1. The molecule has 2 aromatic rings. The molecule has 0 spiro atoms. The van der Waals surface area contributed by atoms with E-state index in [1.54, 1.807) is 12.1 Å². The summed E-state index contributed by atoms with van der Waals surface area (Å²) in [5, 5.41) is 4.53. The number of benzene rings is 1. The maximum absolute atomic E-state index is 12.6. The van der Waals surface area contributed by atoms with E-state index in [1.807, 2.05) is 24.0 Å². The van der Waals surface area contributed by atoms with Crippen molar-refractivity contribution in [2.75, 3.05) is 13.1 Å². The Morgan fingerprint density at radius 1 is 1.45 bits per heavy atom. The van der Waals surface area contributed by atoms with E-state index >= 15 is 0 Å². The minimum absolute atomic E-state index is 0.0329. The van der Waals surface area contributed by atoms with E-state index in [-0.39, 0.29) is 11.8 Å². The van der Waals surface area contributed by atoms with Gasteiger partial charge in [0, 0.05) is 25.4 Å². The molecule has 0 N–H and O–H groups in total. The maximum atomic E-state index is 12.6. The van der Waals surface area contributed by atoms with Gasteiger partial charge in [0.05, 0.1) is 10.6 Å². The first-order valence-electron chi connectivity index (χ1n) is 7.55. The lowest BCUT2D eigenvalue weighted by molar-refractivity contribution is 0.0704. The molecule has 1 aliphatic rings. The molecule has 1 aromatic heterocycles. The molecule has 1 fully saturated rings. The van der Waals surface area contributed by atoms with Gasteiger partial charge in [0.2, 0.25) is 5.89 Å². The molecule has 22 heavy (non-hydrogen) atoms. The number of aromatic nitrogens is 2. The highest BCUT2D eigenvalue weighted by molar-refractivity contribution is 6.33. The minimum Gasteiger partial charge on any atom is -0.339 e. The van der Waals surface area contributed by atoms with Gasteiger partial charge in [-0.15, -0.1) is 0 Å². The molecule has 1 aromatic carbocycles. The lowest BCUT2D eigenvalue weighted by atomic mass is 9.96. The summed E-state index contributed by atoms with van der Waals surface area (Å²) in [4.78, 5) is 18.9. The topological polar surface area (TPSA) is 59.2 Å². The highest BCUT2D eigenvalue weighted by Gasteiger charge is 2.29. The van der Waals surface area contributed by atoms with Crippen LogP contribution in [0.25, 0.3) is 0 Å². The Balaban J connectivity index is 1.75. The molecule has 3 rings (SSSR count). The van der Waals surface area contributed by atoms with Gasteiger partial charge in [0.1, 0.15) is 0 Å². The lowest BCUT2D eigenvalue weighted by Crippen LogP contribution is -2.39. The Morgan fingerprint density at radius 2 is 2.27 bits per heavy atom. The van der Waals surface area contributed by atoms with E-state index in [0.29, 0.717) is 28.8 Å². The van der Waals surface area contributed by atoms with Gasteiger partial charge in [-0.25, -0.2) is 0 Å². The number of hydrogen-bond donors (Lipinski definition) is 0. The molecule has 1 saturated heterocycles.